The number of hydrogen-bond donors (Lipinski definition) is 1. The van der Waals surface area contributed by atoms with Gasteiger partial charge in [0.25, 0.3) is 0 Å². The first-order chi connectivity index (χ1) is 16.5. The number of nitrogens with two attached hydrogens (primary N) is 1. The molecule has 2 aromatic carbocycles. The third-order valence-corrected chi connectivity index (χ3v) is 6.54. The van der Waals surface area contributed by atoms with Crippen molar-refractivity contribution in [2.75, 3.05) is 31.9 Å². The van der Waals surface area contributed by atoms with E-state index in [1.807, 2.05) is 43.0 Å². The first-order valence-corrected chi connectivity index (χ1v) is 11.9. The van der Waals surface area contributed by atoms with Crippen LogP contribution in [-0.2, 0) is 11.3 Å². The zero-order chi connectivity index (χ0) is 23.7. The SMILES string of the molecule is CC(C)C(=O)N1CCN(Cc2c(-c3cccc(N)c3)nc3ccc(-c4ccccc4)cn23)CC1. The van der Waals surface area contributed by atoms with Crippen molar-refractivity contribution in [3.8, 4) is 22.4 Å². The Morgan fingerprint density at radius 2 is 1.65 bits per heavy atom. The summed E-state index contributed by atoms with van der Waals surface area (Å²) < 4.78 is 2.21. The number of anilines is 1. The second-order valence-electron chi connectivity index (χ2n) is 9.30. The van der Waals surface area contributed by atoms with Gasteiger partial charge in [-0.15, -0.1) is 0 Å². The van der Waals surface area contributed by atoms with Gasteiger partial charge in [0.05, 0.1) is 11.4 Å². The normalized spacial score (nSPS) is 14.7. The Balaban J connectivity index is 1.51. The molecule has 34 heavy (non-hydrogen) atoms. The van der Waals surface area contributed by atoms with E-state index in [1.54, 1.807) is 0 Å². The van der Waals surface area contributed by atoms with Crippen molar-refractivity contribution in [2.24, 2.45) is 5.92 Å². The molecule has 1 amide bonds. The van der Waals surface area contributed by atoms with Crippen molar-refractivity contribution >= 4 is 17.2 Å². The van der Waals surface area contributed by atoms with Crippen LogP contribution < -0.4 is 5.73 Å². The van der Waals surface area contributed by atoms with Crippen LogP contribution in [0.2, 0.25) is 0 Å². The molecule has 0 bridgehead atoms. The molecule has 0 radical (unpaired) electrons. The standard InChI is InChI=1S/C28H31N5O/c1-20(2)28(34)32-15-13-31(14-16-32)19-25-27(22-9-6-10-24(29)17-22)30-26-12-11-23(18-33(25)26)21-7-4-3-5-8-21/h3-12,17-18,20H,13-16,19,29H2,1-2H3. The number of nitrogen functional groups attached to an aromatic ring is 1. The molecule has 1 aliphatic heterocycles. The summed E-state index contributed by atoms with van der Waals surface area (Å²) in [5, 5.41) is 0. The van der Waals surface area contributed by atoms with Crippen molar-refractivity contribution in [2.45, 2.75) is 20.4 Å². The van der Waals surface area contributed by atoms with Crippen LogP contribution in [0.4, 0.5) is 5.69 Å². The van der Waals surface area contributed by atoms with E-state index in [-0.39, 0.29) is 11.8 Å². The van der Waals surface area contributed by atoms with Crippen molar-refractivity contribution in [3.05, 3.63) is 78.6 Å². The van der Waals surface area contributed by atoms with E-state index in [9.17, 15) is 4.79 Å². The summed E-state index contributed by atoms with van der Waals surface area (Å²) >= 11 is 0. The average Bonchev–Trinajstić information content (AvgIpc) is 3.22. The quantitative estimate of drug-likeness (QED) is 0.450. The summed E-state index contributed by atoms with van der Waals surface area (Å²) in [5.41, 5.74) is 13.2. The van der Waals surface area contributed by atoms with Gasteiger partial charge in [0.15, 0.2) is 0 Å². The second kappa shape index (κ2) is 9.31. The van der Waals surface area contributed by atoms with Gasteiger partial charge in [0, 0.05) is 56.1 Å². The zero-order valence-electron chi connectivity index (χ0n) is 19.8. The summed E-state index contributed by atoms with van der Waals surface area (Å²) in [5.74, 6) is 0.277. The number of amides is 1. The first kappa shape index (κ1) is 22.2. The number of hydrogen-bond acceptors (Lipinski definition) is 4. The fourth-order valence-electron chi connectivity index (χ4n) is 4.67. The van der Waals surface area contributed by atoms with Gasteiger partial charge in [-0.1, -0.05) is 56.3 Å². The average molecular weight is 454 g/mol. The van der Waals surface area contributed by atoms with Gasteiger partial charge in [-0.3, -0.25) is 9.69 Å². The zero-order valence-corrected chi connectivity index (χ0v) is 19.8. The molecule has 3 heterocycles. The number of piperazine rings is 1. The third kappa shape index (κ3) is 4.41. The minimum absolute atomic E-state index is 0.0388. The molecule has 6 nitrogen and oxygen atoms in total. The van der Waals surface area contributed by atoms with E-state index in [0.717, 1.165) is 66.6 Å². The van der Waals surface area contributed by atoms with Crippen molar-refractivity contribution in [1.29, 1.82) is 0 Å². The molecule has 2 N–H and O–H groups in total. The molecule has 0 saturated carbocycles. The molecule has 4 aromatic rings. The molecule has 0 unspecified atom stereocenters. The van der Waals surface area contributed by atoms with Crippen LogP contribution in [0.5, 0.6) is 0 Å². The molecule has 0 spiro atoms. The number of fused-ring (bicyclic) bond motifs is 1. The van der Waals surface area contributed by atoms with E-state index in [4.69, 9.17) is 10.7 Å². The van der Waals surface area contributed by atoms with E-state index >= 15 is 0 Å². The number of benzene rings is 2. The second-order valence-corrected chi connectivity index (χ2v) is 9.30. The molecule has 1 aliphatic rings. The number of carbonyl (C=O) groups is 1. The van der Waals surface area contributed by atoms with Gasteiger partial charge < -0.3 is 15.0 Å². The number of nitrogens with zero attached hydrogens (tertiary/aromatic N) is 4. The van der Waals surface area contributed by atoms with Crippen molar-refractivity contribution < 1.29 is 4.79 Å². The minimum atomic E-state index is 0.0388. The van der Waals surface area contributed by atoms with Crippen LogP contribution in [0.3, 0.4) is 0 Å². The Labute approximate surface area is 200 Å². The fourth-order valence-corrected chi connectivity index (χ4v) is 4.67. The number of imidazole rings is 1. The highest BCUT2D eigenvalue weighted by atomic mass is 16.2. The van der Waals surface area contributed by atoms with Gasteiger partial charge >= 0.3 is 0 Å². The Morgan fingerprint density at radius 3 is 2.35 bits per heavy atom. The molecule has 174 valence electrons. The largest absolute Gasteiger partial charge is 0.399 e. The lowest BCUT2D eigenvalue weighted by molar-refractivity contribution is -0.136. The van der Waals surface area contributed by atoms with Crippen LogP contribution >= 0.6 is 0 Å². The Bertz CT molecular complexity index is 1300. The number of pyridine rings is 1. The summed E-state index contributed by atoms with van der Waals surface area (Å²) in [6.07, 6.45) is 2.18. The first-order valence-electron chi connectivity index (χ1n) is 11.9. The third-order valence-electron chi connectivity index (χ3n) is 6.54. The van der Waals surface area contributed by atoms with E-state index in [2.05, 4.69) is 58.0 Å². The monoisotopic (exact) mass is 453 g/mol. The number of rotatable bonds is 5. The topological polar surface area (TPSA) is 66.9 Å². The van der Waals surface area contributed by atoms with E-state index in [1.165, 1.54) is 5.56 Å². The number of aromatic nitrogens is 2. The molecule has 5 rings (SSSR count). The Morgan fingerprint density at radius 1 is 0.912 bits per heavy atom. The number of carbonyl (C=O) groups excluding carboxylic acids is 1. The molecule has 2 aromatic heterocycles. The van der Waals surface area contributed by atoms with Gasteiger partial charge in [0.1, 0.15) is 5.65 Å². The van der Waals surface area contributed by atoms with Crippen LogP contribution in [0, 0.1) is 5.92 Å². The fraction of sp³-hybridized carbons (Fsp3) is 0.286. The highest BCUT2D eigenvalue weighted by Gasteiger charge is 2.25. The molecule has 0 aliphatic carbocycles. The molecule has 1 fully saturated rings. The Kier molecular flexibility index (Phi) is 6.07. The van der Waals surface area contributed by atoms with Crippen molar-refractivity contribution in [3.63, 3.8) is 0 Å². The lowest BCUT2D eigenvalue weighted by atomic mass is 10.1. The highest BCUT2D eigenvalue weighted by molar-refractivity contribution is 5.78. The summed E-state index contributed by atoms with van der Waals surface area (Å²) in [6.45, 7) is 7.91. The maximum atomic E-state index is 12.4. The minimum Gasteiger partial charge on any atom is -0.399 e. The molecule has 6 heteroatoms. The van der Waals surface area contributed by atoms with E-state index < -0.39 is 0 Å². The van der Waals surface area contributed by atoms with Gasteiger partial charge in [-0.2, -0.15) is 0 Å². The van der Waals surface area contributed by atoms with Gasteiger partial charge in [-0.05, 0) is 35.4 Å². The van der Waals surface area contributed by atoms with Gasteiger partial charge in [0.2, 0.25) is 5.91 Å². The summed E-state index contributed by atoms with van der Waals surface area (Å²) in [7, 11) is 0. The molecular formula is C28H31N5O. The summed E-state index contributed by atoms with van der Waals surface area (Å²) in [4.78, 5) is 21.8. The molecule has 1 saturated heterocycles. The van der Waals surface area contributed by atoms with Crippen LogP contribution in [0.25, 0.3) is 28.0 Å². The molecule has 0 atom stereocenters. The predicted octanol–water partition coefficient (Wildman–Crippen LogP) is 4.55. The molecular weight excluding hydrogens is 422 g/mol. The van der Waals surface area contributed by atoms with Crippen LogP contribution in [0.1, 0.15) is 19.5 Å². The van der Waals surface area contributed by atoms with Gasteiger partial charge in [-0.25, -0.2) is 4.98 Å². The Hall–Kier alpha value is -3.64. The van der Waals surface area contributed by atoms with Crippen LogP contribution in [0.15, 0.2) is 72.9 Å². The smallest absolute Gasteiger partial charge is 0.225 e. The van der Waals surface area contributed by atoms with Crippen LogP contribution in [-0.4, -0.2) is 51.3 Å². The lowest BCUT2D eigenvalue weighted by Gasteiger charge is -2.35. The summed E-state index contributed by atoms with van der Waals surface area (Å²) in [6, 6.07) is 22.6. The lowest BCUT2D eigenvalue weighted by Crippen LogP contribution is -2.49. The highest BCUT2D eigenvalue weighted by Crippen LogP contribution is 2.29. The van der Waals surface area contributed by atoms with E-state index in [0.29, 0.717) is 0 Å². The maximum Gasteiger partial charge on any atom is 0.225 e. The van der Waals surface area contributed by atoms with Crippen molar-refractivity contribution in [1.82, 2.24) is 19.2 Å². The predicted molar refractivity (Wildman–Crippen MR) is 137 cm³/mol. The maximum absolute atomic E-state index is 12.4.